The molecule has 0 bridgehead atoms. The van der Waals surface area contributed by atoms with E-state index < -0.39 is 0 Å². The Kier molecular flexibility index (Phi) is 8.06. The Balaban J connectivity index is 1.63. The van der Waals surface area contributed by atoms with Crippen LogP contribution in [0.15, 0.2) is 66.7 Å². The Bertz CT molecular complexity index is 1010. The Morgan fingerprint density at radius 1 is 0.788 bits per heavy atom. The highest BCUT2D eigenvalue weighted by Crippen LogP contribution is 2.38. The molecule has 1 aliphatic rings. The second kappa shape index (κ2) is 11.4. The third-order valence-corrected chi connectivity index (χ3v) is 6.98. The molecular weight excluding hydrogens is 406 g/mol. The van der Waals surface area contributed by atoms with Crippen molar-refractivity contribution in [1.29, 1.82) is 0 Å². The van der Waals surface area contributed by atoms with Crippen molar-refractivity contribution in [2.75, 3.05) is 33.4 Å². The fraction of sp³-hybridized carbons (Fsp3) is 0.400. The zero-order valence-electron chi connectivity index (χ0n) is 20.3. The third-order valence-electron chi connectivity index (χ3n) is 6.98. The van der Waals surface area contributed by atoms with Crippen molar-refractivity contribution in [1.82, 2.24) is 4.90 Å². The molecule has 1 unspecified atom stereocenters. The predicted molar refractivity (Wildman–Crippen MR) is 137 cm³/mol. The van der Waals surface area contributed by atoms with Gasteiger partial charge < -0.3 is 14.4 Å². The summed E-state index contributed by atoms with van der Waals surface area (Å²) in [7, 11) is 1.72. The molecule has 3 heteroatoms. The summed E-state index contributed by atoms with van der Waals surface area (Å²) in [5.74, 6) is 2.03. The highest BCUT2D eigenvalue weighted by Gasteiger charge is 2.23. The van der Waals surface area contributed by atoms with Gasteiger partial charge in [0.1, 0.15) is 18.1 Å². The van der Waals surface area contributed by atoms with Crippen LogP contribution < -0.4 is 9.47 Å². The smallest absolute Gasteiger partial charge is 0.119 e. The zero-order valence-corrected chi connectivity index (χ0v) is 20.3. The second-order valence-corrected chi connectivity index (χ2v) is 8.84. The number of methoxy groups -OCH3 is 1. The lowest BCUT2D eigenvalue weighted by molar-refractivity contribution is 0.223. The summed E-state index contributed by atoms with van der Waals surface area (Å²) < 4.78 is 11.5. The van der Waals surface area contributed by atoms with E-state index in [9.17, 15) is 0 Å². The molecular formula is C30H37NO2. The van der Waals surface area contributed by atoms with Gasteiger partial charge in [-0.1, -0.05) is 56.3 Å². The van der Waals surface area contributed by atoms with Crippen LogP contribution in [0.1, 0.15) is 60.4 Å². The maximum Gasteiger partial charge on any atom is 0.119 e. The predicted octanol–water partition coefficient (Wildman–Crippen LogP) is 6.47. The molecule has 0 fully saturated rings. The van der Waals surface area contributed by atoms with Crippen molar-refractivity contribution >= 4 is 0 Å². The number of ether oxygens (including phenoxy) is 2. The first-order valence-electron chi connectivity index (χ1n) is 12.4. The van der Waals surface area contributed by atoms with Gasteiger partial charge >= 0.3 is 0 Å². The largest absolute Gasteiger partial charge is 0.497 e. The van der Waals surface area contributed by atoms with Gasteiger partial charge in [-0.05, 0) is 90.9 Å². The van der Waals surface area contributed by atoms with Crippen LogP contribution in [0.25, 0.3) is 0 Å². The number of likely N-dealkylation sites (N-methyl/N-ethyl adjacent to an activating group) is 1. The maximum absolute atomic E-state index is 6.05. The molecule has 0 heterocycles. The molecule has 0 radical (unpaired) electrons. The van der Waals surface area contributed by atoms with E-state index in [1.165, 1.54) is 47.9 Å². The number of benzene rings is 3. The molecule has 3 nitrogen and oxygen atoms in total. The molecule has 1 aliphatic carbocycles. The van der Waals surface area contributed by atoms with Crippen molar-refractivity contribution in [3.63, 3.8) is 0 Å². The van der Waals surface area contributed by atoms with Gasteiger partial charge in [0.2, 0.25) is 0 Å². The molecule has 0 aromatic heterocycles. The van der Waals surface area contributed by atoms with Gasteiger partial charge in [-0.2, -0.15) is 0 Å². The van der Waals surface area contributed by atoms with Gasteiger partial charge in [-0.25, -0.2) is 0 Å². The number of rotatable bonds is 10. The zero-order chi connectivity index (χ0) is 23.0. The van der Waals surface area contributed by atoms with Gasteiger partial charge in [0.25, 0.3) is 0 Å². The van der Waals surface area contributed by atoms with Crippen molar-refractivity contribution in [2.45, 2.75) is 45.4 Å². The summed E-state index contributed by atoms with van der Waals surface area (Å²) in [6.45, 7) is 8.18. The van der Waals surface area contributed by atoms with Crippen LogP contribution in [0.3, 0.4) is 0 Å². The van der Waals surface area contributed by atoms with E-state index in [0.717, 1.165) is 37.7 Å². The fourth-order valence-corrected chi connectivity index (χ4v) is 5.02. The van der Waals surface area contributed by atoms with Crippen molar-refractivity contribution in [3.05, 3.63) is 94.5 Å². The van der Waals surface area contributed by atoms with Gasteiger partial charge in [-0.3, -0.25) is 0 Å². The highest BCUT2D eigenvalue weighted by atomic mass is 16.5. The Morgan fingerprint density at radius 3 is 2.06 bits per heavy atom. The van der Waals surface area contributed by atoms with Crippen molar-refractivity contribution in [3.8, 4) is 11.5 Å². The van der Waals surface area contributed by atoms with Crippen LogP contribution in [0.2, 0.25) is 0 Å². The van der Waals surface area contributed by atoms with E-state index in [4.69, 9.17) is 9.47 Å². The van der Waals surface area contributed by atoms with Crippen LogP contribution in [-0.2, 0) is 12.8 Å². The molecule has 0 aliphatic heterocycles. The average molecular weight is 444 g/mol. The topological polar surface area (TPSA) is 21.7 Å². The van der Waals surface area contributed by atoms with Crippen LogP contribution in [0, 0.1) is 0 Å². The van der Waals surface area contributed by atoms with E-state index in [2.05, 4.69) is 85.5 Å². The standard InChI is InChI=1S/C30H37NO2/c1-4-31(5-2)21-22-33-27-19-15-25(16-20-27)30(24-13-17-26(32-3)18-14-24)29-12-8-10-23-9-6-7-11-28(23)29/h8,10,12-20,30H,4-7,9,11,21-22H2,1-3H3. The number of hydrogen-bond donors (Lipinski definition) is 0. The van der Waals surface area contributed by atoms with Gasteiger partial charge in [0, 0.05) is 12.5 Å². The molecule has 0 amide bonds. The van der Waals surface area contributed by atoms with E-state index in [1.807, 2.05) is 0 Å². The summed E-state index contributed by atoms with van der Waals surface area (Å²) in [6.07, 6.45) is 4.93. The SMILES string of the molecule is CCN(CC)CCOc1ccc(C(c2ccc(OC)cc2)c2cccc3c2CCCC3)cc1. The van der Waals surface area contributed by atoms with Crippen LogP contribution in [0.5, 0.6) is 11.5 Å². The third kappa shape index (κ3) is 5.59. The molecule has 33 heavy (non-hydrogen) atoms. The summed E-state index contributed by atoms with van der Waals surface area (Å²) in [4.78, 5) is 2.38. The lowest BCUT2D eigenvalue weighted by Crippen LogP contribution is -2.27. The van der Waals surface area contributed by atoms with Crippen molar-refractivity contribution in [2.24, 2.45) is 0 Å². The molecule has 1 atom stereocenters. The van der Waals surface area contributed by atoms with Crippen LogP contribution in [-0.4, -0.2) is 38.3 Å². The lowest BCUT2D eigenvalue weighted by atomic mass is 9.78. The van der Waals surface area contributed by atoms with Gasteiger partial charge in [0.15, 0.2) is 0 Å². The number of hydrogen-bond acceptors (Lipinski definition) is 3. The fourth-order valence-electron chi connectivity index (χ4n) is 5.02. The monoisotopic (exact) mass is 443 g/mol. The van der Waals surface area contributed by atoms with Gasteiger partial charge in [-0.15, -0.1) is 0 Å². The second-order valence-electron chi connectivity index (χ2n) is 8.84. The molecule has 3 aromatic rings. The molecule has 0 saturated heterocycles. The number of aryl methyl sites for hydroxylation is 1. The van der Waals surface area contributed by atoms with Gasteiger partial charge in [0.05, 0.1) is 7.11 Å². The summed E-state index contributed by atoms with van der Waals surface area (Å²) in [6, 6.07) is 24.2. The minimum atomic E-state index is 0.202. The van der Waals surface area contributed by atoms with E-state index >= 15 is 0 Å². The first kappa shape index (κ1) is 23.4. The van der Waals surface area contributed by atoms with Crippen LogP contribution >= 0.6 is 0 Å². The maximum atomic E-state index is 6.05. The summed E-state index contributed by atoms with van der Waals surface area (Å²) >= 11 is 0. The number of nitrogens with zero attached hydrogens (tertiary/aromatic N) is 1. The summed E-state index contributed by atoms with van der Waals surface area (Å²) in [5, 5.41) is 0. The van der Waals surface area contributed by atoms with Crippen LogP contribution in [0.4, 0.5) is 0 Å². The molecule has 174 valence electrons. The Labute approximate surface area is 199 Å². The minimum absolute atomic E-state index is 0.202. The normalized spacial score (nSPS) is 14.1. The quantitative estimate of drug-likeness (QED) is 0.335. The summed E-state index contributed by atoms with van der Waals surface area (Å²) in [5.41, 5.74) is 7.10. The van der Waals surface area contributed by atoms with Crippen molar-refractivity contribution < 1.29 is 9.47 Å². The van der Waals surface area contributed by atoms with E-state index in [0.29, 0.717) is 0 Å². The average Bonchev–Trinajstić information content (AvgIpc) is 2.88. The first-order valence-corrected chi connectivity index (χ1v) is 12.4. The molecule has 0 N–H and O–H groups in total. The van der Waals surface area contributed by atoms with E-state index in [-0.39, 0.29) is 5.92 Å². The Hall–Kier alpha value is -2.78. The van der Waals surface area contributed by atoms with E-state index in [1.54, 1.807) is 12.7 Å². The lowest BCUT2D eigenvalue weighted by Gasteiger charge is -2.26. The molecule has 0 saturated carbocycles. The number of fused-ring (bicyclic) bond motifs is 1. The Morgan fingerprint density at radius 2 is 1.42 bits per heavy atom. The molecule has 4 rings (SSSR count). The molecule has 0 spiro atoms. The molecule has 3 aromatic carbocycles. The first-order chi connectivity index (χ1) is 16.2. The highest BCUT2D eigenvalue weighted by molar-refractivity contribution is 5.50. The minimum Gasteiger partial charge on any atom is -0.497 e.